The predicted molar refractivity (Wildman–Crippen MR) is 147 cm³/mol. The van der Waals surface area contributed by atoms with Crippen molar-refractivity contribution in [2.45, 2.75) is 71.1 Å². The second-order valence-corrected chi connectivity index (χ2v) is 10.2. The number of aliphatic hydroxyl groups excluding tert-OH is 2. The molecule has 2 saturated heterocycles. The topological polar surface area (TPSA) is 151 Å². The number of carbonyl (C=O) groups is 1. The van der Waals surface area contributed by atoms with Crippen LogP contribution in [0, 0.1) is 6.92 Å². The molecule has 3 aromatic rings. The number of esters is 1. The summed E-state index contributed by atoms with van der Waals surface area (Å²) in [6, 6.07) is 8.84. The van der Waals surface area contributed by atoms with E-state index >= 15 is 0 Å². The summed E-state index contributed by atoms with van der Waals surface area (Å²) in [5.74, 6) is -0.324. The second-order valence-electron chi connectivity index (χ2n) is 10.2. The summed E-state index contributed by atoms with van der Waals surface area (Å²) in [6.07, 6.45) is -2.64. The first-order valence-electron chi connectivity index (χ1n) is 13.6. The molecular formula is C29H35N3O9. The normalized spacial score (nSPS) is 23.7. The van der Waals surface area contributed by atoms with E-state index in [0.717, 1.165) is 0 Å². The van der Waals surface area contributed by atoms with Gasteiger partial charge in [-0.05, 0) is 65.0 Å². The van der Waals surface area contributed by atoms with E-state index in [1.807, 2.05) is 19.9 Å². The maximum Gasteiger partial charge on any atom is 0.341 e. The Morgan fingerprint density at radius 3 is 2.61 bits per heavy atom. The summed E-state index contributed by atoms with van der Waals surface area (Å²) < 4.78 is 34.8. The highest BCUT2D eigenvalue weighted by atomic mass is 16.8. The van der Waals surface area contributed by atoms with Gasteiger partial charge in [0.05, 0.1) is 31.2 Å². The minimum atomic E-state index is -1.18. The SMILES string of the molecule is CCOC(=O)c1cnc2nc(C)c(OCC)cc2c1Nc1ccc(O[C@H]2[C@@H]([C@H](O)CO)OC3OC(C)(C)O[C@@H]32)cc1. The van der Waals surface area contributed by atoms with Gasteiger partial charge in [0.25, 0.3) is 0 Å². The van der Waals surface area contributed by atoms with Crippen LogP contribution >= 0.6 is 0 Å². The number of nitrogens with one attached hydrogen (secondary N) is 1. The zero-order valence-electron chi connectivity index (χ0n) is 23.6. The van der Waals surface area contributed by atoms with Gasteiger partial charge in [-0.3, -0.25) is 0 Å². The zero-order chi connectivity index (χ0) is 29.3. The molecule has 0 saturated carbocycles. The van der Waals surface area contributed by atoms with Gasteiger partial charge < -0.3 is 44.0 Å². The van der Waals surface area contributed by atoms with Gasteiger partial charge in [-0.25, -0.2) is 14.8 Å². The molecule has 2 fully saturated rings. The molecule has 41 heavy (non-hydrogen) atoms. The molecule has 220 valence electrons. The second kappa shape index (κ2) is 11.7. The molecule has 0 radical (unpaired) electrons. The molecule has 5 atom stereocenters. The smallest absolute Gasteiger partial charge is 0.341 e. The van der Waals surface area contributed by atoms with E-state index in [2.05, 4.69) is 15.3 Å². The van der Waals surface area contributed by atoms with E-state index in [1.54, 1.807) is 45.0 Å². The summed E-state index contributed by atoms with van der Waals surface area (Å²) in [6.45, 7) is 9.17. The number of hydrogen-bond donors (Lipinski definition) is 3. The molecule has 4 heterocycles. The average molecular weight is 570 g/mol. The Balaban J connectivity index is 1.43. The first-order chi connectivity index (χ1) is 19.6. The Bertz CT molecular complexity index is 1400. The van der Waals surface area contributed by atoms with Crippen molar-refractivity contribution in [2.75, 3.05) is 25.1 Å². The highest BCUT2D eigenvalue weighted by Crippen LogP contribution is 2.40. The molecule has 2 aromatic heterocycles. The van der Waals surface area contributed by atoms with Gasteiger partial charge in [-0.2, -0.15) is 0 Å². The summed E-state index contributed by atoms with van der Waals surface area (Å²) in [4.78, 5) is 21.8. The van der Waals surface area contributed by atoms with Gasteiger partial charge in [0.1, 0.15) is 29.3 Å². The molecule has 0 aliphatic carbocycles. The standard InChI is InChI=1S/C29H35N3O9/c1-6-36-21-12-18-22(19(27(35)37-7-2)13-30-26(18)31-15(21)3)32-16-8-10-17(11-9-16)38-24-23(20(34)14-33)39-28-25(24)40-29(4,5)41-28/h8-13,20,23-25,28,33-34H,6-7,14H2,1-5H3,(H,30,31,32)/t20-,23-,24+,25-,28?/m1/s1. The van der Waals surface area contributed by atoms with Crippen molar-refractivity contribution in [3.8, 4) is 11.5 Å². The van der Waals surface area contributed by atoms with E-state index in [9.17, 15) is 15.0 Å². The highest BCUT2D eigenvalue weighted by molar-refractivity contribution is 6.05. The number of aromatic nitrogens is 2. The molecule has 0 amide bonds. The minimum Gasteiger partial charge on any atom is -0.492 e. The van der Waals surface area contributed by atoms with Crippen LogP contribution in [0.4, 0.5) is 11.4 Å². The first kappa shape index (κ1) is 29.0. The number of fused-ring (bicyclic) bond motifs is 2. The number of ether oxygens (including phenoxy) is 6. The lowest BCUT2D eigenvalue weighted by molar-refractivity contribution is -0.225. The monoisotopic (exact) mass is 569 g/mol. The van der Waals surface area contributed by atoms with Crippen LogP contribution in [-0.2, 0) is 18.9 Å². The fraction of sp³-hybridized carbons (Fsp3) is 0.483. The Hall–Kier alpha value is -3.55. The molecule has 12 heteroatoms. The lowest BCUT2D eigenvalue weighted by Crippen LogP contribution is -2.45. The number of pyridine rings is 2. The lowest BCUT2D eigenvalue weighted by atomic mass is 10.1. The third-order valence-electron chi connectivity index (χ3n) is 6.79. The fourth-order valence-electron chi connectivity index (χ4n) is 4.96. The van der Waals surface area contributed by atoms with Gasteiger partial charge in [0.2, 0.25) is 0 Å². The van der Waals surface area contributed by atoms with Crippen LogP contribution in [0.2, 0.25) is 0 Å². The number of anilines is 2. The van der Waals surface area contributed by atoms with Crippen LogP contribution in [-0.4, -0.2) is 82.5 Å². The molecule has 5 rings (SSSR count). The first-order valence-corrected chi connectivity index (χ1v) is 13.6. The number of aliphatic hydroxyl groups is 2. The average Bonchev–Trinajstić information content (AvgIpc) is 3.42. The maximum atomic E-state index is 12.8. The minimum absolute atomic E-state index is 0.212. The van der Waals surface area contributed by atoms with E-state index in [0.29, 0.717) is 46.2 Å². The van der Waals surface area contributed by atoms with Crippen LogP contribution in [0.15, 0.2) is 36.5 Å². The zero-order valence-corrected chi connectivity index (χ0v) is 23.6. The summed E-state index contributed by atoms with van der Waals surface area (Å²) in [5, 5.41) is 23.8. The van der Waals surface area contributed by atoms with Crippen molar-refractivity contribution < 1.29 is 43.4 Å². The highest BCUT2D eigenvalue weighted by Gasteiger charge is 2.57. The molecule has 0 bridgehead atoms. The Kier molecular flexibility index (Phi) is 8.30. The van der Waals surface area contributed by atoms with Crippen LogP contribution in [0.3, 0.4) is 0 Å². The van der Waals surface area contributed by atoms with Crippen molar-refractivity contribution in [2.24, 2.45) is 0 Å². The van der Waals surface area contributed by atoms with Crippen LogP contribution in [0.1, 0.15) is 43.7 Å². The Morgan fingerprint density at radius 2 is 1.93 bits per heavy atom. The van der Waals surface area contributed by atoms with Crippen LogP contribution < -0.4 is 14.8 Å². The number of rotatable bonds is 10. The van der Waals surface area contributed by atoms with Gasteiger partial charge in [-0.15, -0.1) is 0 Å². The molecular weight excluding hydrogens is 534 g/mol. The lowest BCUT2D eigenvalue weighted by Gasteiger charge is -2.28. The van der Waals surface area contributed by atoms with E-state index in [-0.39, 0.29) is 12.2 Å². The van der Waals surface area contributed by atoms with Gasteiger partial charge in [0.15, 0.2) is 29.9 Å². The molecule has 2 aliphatic rings. The van der Waals surface area contributed by atoms with Crippen LogP contribution in [0.25, 0.3) is 11.0 Å². The van der Waals surface area contributed by atoms with Crippen molar-refractivity contribution >= 4 is 28.4 Å². The Labute approximate surface area is 237 Å². The quantitative estimate of drug-likeness (QED) is 0.308. The maximum absolute atomic E-state index is 12.8. The fourth-order valence-corrected chi connectivity index (χ4v) is 4.96. The number of aryl methyl sites for hydroxylation is 1. The van der Waals surface area contributed by atoms with E-state index < -0.39 is 49.1 Å². The van der Waals surface area contributed by atoms with Gasteiger partial charge >= 0.3 is 5.97 Å². The molecule has 0 spiro atoms. The van der Waals surface area contributed by atoms with E-state index in [1.165, 1.54) is 6.20 Å². The van der Waals surface area contributed by atoms with E-state index in [4.69, 9.17) is 28.4 Å². The number of hydrogen-bond acceptors (Lipinski definition) is 12. The number of benzene rings is 1. The Morgan fingerprint density at radius 1 is 1.17 bits per heavy atom. The molecule has 1 aromatic carbocycles. The molecule has 3 N–H and O–H groups in total. The number of nitrogens with zero attached hydrogens (tertiary/aromatic N) is 2. The summed E-state index contributed by atoms with van der Waals surface area (Å²) >= 11 is 0. The van der Waals surface area contributed by atoms with Crippen molar-refractivity contribution in [3.63, 3.8) is 0 Å². The molecule has 1 unspecified atom stereocenters. The van der Waals surface area contributed by atoms with Crippen LogP contribution in [0.5, 0.6) is 11.5 Å². The van der Waals surface area contributed by atoms with Crippen molar-refractivity contribution in [1.82, 2.24) is 9.97 Å². The van der Waals surface area contributed by atoms with Crippen molar-refractivity contribution in [1.29, 1.82) is 0 Å². The third-order valence-corrected chi connectivity index (χ3v) is 6.79. The summed E-state index contributed by atoms with van der Waals surface area (Å²) in [5.41, 5.74) is 2.53. The third kappa shape index (κ3) is 5.92. The molecule has 12 nitrogen and oxygen atoms in total. The van der Waals surface area contributed by atoms with Crippen molar-refractivity contribution in [3.05, 3.63) is 47.8 Å². The largest absolute Gasteiger partial charge is 0.492 e. The van der Waals surface area contributed by atoms with Gasteiger partial charge in [0, 0.05) is 17.3 Å². The molecule has 2 aliphatic heterocycles. The number of carbonyl (C=O) groups excluding carboxylic acids is 1. The van der Waals surface area contributed by atoms with Gasteiger partial charge in [-0.1, -0.05) is 0 Å². The predicted octanol–water partition coefficient (Wildman–Crippen LogP) is 3.23. The summed E-state index contributed by atoms with van der Waals surface area (Å²) in [7, 11) is 0.